The number of benzene rings is 1. The number of hydrogen-bond acceptors (Lipinski definition) is 4. The molecule has 1 fully saturated rings. The topological polar surface area (TPSA) is 58.1 Å². The second kappa shape index (κ2) is 8.10. The van der Waals surface area contributed by atoms with Crippen LogP contribution in [0.5, 0.6) is 0 Å². The minimum absolute atomic E-state index is 0.0505. The number of aromatic nitrogens is 2. The predicted molar refractivity (Wildman–Crippen MR) is 101 cm³/mol. The Morgan fingerprint density at radius 3 is 2.24 bits per heavy atom. The lowest BCUT2D eigenvalue weighted by molar-refractivity contribution is -0.120. The number of para-hydroxylation sites is 1. The number of carbonyl (C=O) groups is 1. The summed E-state index contributed by atoms with van der Waals surface area (Å²) < 4.78 is 0. The Bertz CT molecular complexity index is 687. The molecule has 3 rings (SSSR count). The summed E-state index contributed by atoms with van der Waals surface area (Å²) in [6, 6.07) is 8.10. The van der Waals surface area contributed by atoms with Crippen molar-refractivity contribution in [1.82, 2.24) is 9.97 Å². The molecule has 132 valence electrons. The summed E-state index contributed by atoms with van der Waals surface area (Å²) in [4.78, 5) is 23.5. The van der Waals surface area contributed by atoms with Gasteiger partial charge in [0.1, 0.15) is 0 Å². The lowest BCUT2D eigenvalue weighted by Crippen LogP contribution is -2.39. The first kappa shape index (κ1) is 17.4. The van der Waals surface area contributed by atoms with Gasteiger partial charge in [0.05, 0.1) is 0 Å². The van der Waals surface area contributed by atoms with Gasteiger partial charge in [0.2, 0.25) is 11.9 Å². The molecular weight excluding hydrogens is 312 g/mol. The maximum atomic E-state index is 12.8. The SMILES string of the molecule is CCc1cccc(CC)c1NC(=O)C1CCN(c2ncccn2)CC1. The molecule has 0 saturated carbocycles. The van der Waals surface area contributed by atoms with Crippen LogP contribution in [0.4, 0.5) is 11.6 Å². The maximum Gasteiger partial charge on any atom is 0.227 e. The van der Waals surface area contributed by atoms with Gasteiger partial charge in [0.15, 0.2) is 0 Å². The van der Waals surface area contributed by atoms with Crippen LogP contribution in [0.1, 0.15) is 37.8 Å². The van der Waals surface area contributed by atoms with Crippen molar-refractivity contribution in [3.63, 3.8) is 0 Å². The third-order valence-electron chi connectivity index (χ3n) is 4.95. The average molecular weight is 338 g/mol. The first-order valence-electron chi connectivity index (χ1n) is 9.16. The van der Waals surface area contributed by atoms with Crippen LogP contribution in [0.25, 0.3) is 0 Å². The van der Waals surface area contributed by atoms with Crippen LogP contribution in [-0.2, 0) is 17.6 Å². The predicted octanol–water partition coefficient (Wildman–Crippen LogP) is 3.46. The number of carbonyl (C=O) groups excluding carboxylic acids is 1. The van der Waals surface area contributed by atoms with E-state index in [-0.39, 0.29) is 11.8 Å². The first-order valence-corrected chi connectivity index (χ1v) is 9.16. The molecule has 0 radical (unpaired) electrons. The van der Waals surface area contributed by atoms with E-state index in [1.807, 2.05) is 6.07 Å². The van der Waals surface area contributed by atoms with E-state index in [2.05, 4.69) is 52.2 Å². The van der Waals surface area contributed by atoms with E-state index >= 15 is 0 Å². The molecule has 0 bridgehead atoms. The molecule has 0 atom stereocenters. The molecule has 0 aliphatic carbocycles. The zero-order chi connectivity index (χ0) is 17.6. The monoisotopic (exact) mass is 338 g/mol. The fourth-order valence-electron chi connectivity index (χ4n) is 3.42. The molecule has 0 spiro atoms. The van der Waals surface area contributed by atoms with Gasteiger partial charge in [-0.15, -0.1) is 0 Å². The molecule has 25 heavy (non-hydrogen) atoms. The summed E-state index contributed by atoms with van der Waals surface area (Å²) in [6.07, 6.45) is 7.03. The number of hydrogen-bond donors (Lipinski definition) is 1. The van der Waals surface area contributed by atoms with Gasteiger partial charge in [0.25, 0.3) is 0 Å². The zero-order valence-corrected chi connectivity index (χ0v) is 15.0. The molecule has 1 N–H and O–H groups in total. The molecule has 1 amide bonds. The number of piperidine rings is 1. The highest BCUT2D eigenvalue weighted by atomic mass is 16.1. The van der Waals surface area contributed by atoms with Crippen molar-refractivity contribution >= 4 is 17.5 Å². The summed E-state index contributed by atoms with van der Waals surface area (Å²) >= 11 is 0. The minimum atomic E-state index is 0.0505. The molecule has 5 nitrogen and oxygen atoms in total. The van der Waals surface area contributed by atoms with E-state index in [0.29, 0.717) is 0 Å². The normalized spacial score (nSPS) is 15.2. The number of nitrogens with one attached hydrogen (secondary N) is 1. The summed E-state index contributed by atoms with van der Waals surface area (Å²) in [5, 5.41) is 3.22. The summed E-state index contributed by atoms with van der Waals surface area (Å²) in [5.41, 5.74) is 3.44. The highest BCUT2D eigenvalue weighted by molar-refractivity contribution is 5.94. The molecule has 5 heteroatoms. The van der Waals surface area contributed by atoms with Gasteiger partial charge in [0, 0.05) is 37.1 Å². The van der Waals surface area contributed by atoms with Crippen molar-refractivity contribution in [1.29, 1.82) is 0 Å². The van der Waals surface area contributed by atoms with Crippen LogP contribution in [0.2, 0.25) is 0 Å². The second-order valence-electron chi connectivity index (χ2n) is 6.46. The lowest BCUT2D eigenvalue weighted by atomic mass is 9.95. The van der Waals surface area contributed by atoms with E-state index in [0.717, 1.165) is 50.4 Å². The lowest BCUT2D eigenvalue weighted by Gasteiger charge is -2.31. The van der Waals surface area contributed by atoms with Gasteiger partial charge >= 0.3 is 0 Å². The second-order valence-corrected chi connectivity index (χ2v) is 6.46. The summed E-state index contributed by atoms with van der Waals surface area (Å²) in [6.45, 7) is 5.89. The van der Waals surface area contributed by atoms with Crippen molar-refractivity contribution in [2.24, 2.45) is 5.92 Å². The summed E-state index contributed by atoms with van der Waals surface area (Å²) in [7, 11) is 0. The van der Waals surface area contributed by atoms with Crippen LogP contribution in [0.15, 0.2) is 36.7 Å². The minimum Gasteiger partial charge on any atom is -0.341 e. The molecular formula is C20H26N4O. The third kappa shape index (κ3) is 3.98. The Hall–Kier alpha value is -2.43. The number of amides is 1. The first-order chi connectivity index (χ1) is 12.2. The van der Waals surface area contributed by atoms with Gasteiger partial charge in [-0.05, 0) is 42.9 Å². The van der Waals surface area contributed by atoms with E-state index in [9.17, 15) is 4.79 Å². The maximum absolute atomic E-state index is 12.8. The fourth-order valence-corrected chi connectivity index (χ4v) is 3.42. The van der Waals surface area contributed by atoms with Crippen LogP contribution in [0.3, 0.4) is 0 Å². The highest BCUT2D eigenvalue weighted by Crippen LogP contribution is 2.26. The van der Waals surface area contributed by atoms with E-state index in [4.69, 9.17) is 0 Å². The van der Waals surface area contributed by atoms with Crippen molar-refractivity contribution in [3.05, 3.63) is 47.8 Å². The Labute approximate surface area is 149 Å². The fraction of sp³-hybridized carbons (Fsp3) is 0.450. The van der Waals surface area contributed by atoms with Crippen LogP contribution in [-0.4, -0.2) is 29.0 Å². The van der Waals surface area contributed by atoms with E-state index < -0.39 is 0 Å². The quantitative estimate of drug-likeness (QED) is 0.907. The van der Waals surface area contributed by atoms with Gasteiger partial charge in [-0.2, -0.15) is 0 Å². The Morgan fingerprint density at radius 2 is 1.68 bits per heavy atom. The number of rotatable bonds is 5. The number of nitrogens with zero attached hydrogens (tertiary/aromatic N) is 3. The van der Waals surface area contributed by atoms with Gasteiger partial charge in [-0.1, -0.05) is 32.0 Å². The molecule has 2 heterocycles. The zero-order valence-electron chi connectivity index (χ0n) is 15.0. The van der Waals surface area contributed by atoms with E-state index in [1.165, 1.54) is 11.1 Å². The number of anilines is 2. The van der Waals surface area contributed by atoms with Crippen LogP contribution in [0, 0.1) is 5.92 Å². The van der Waals surface area contributed by atoms with Crippen LogP contribution < -0.4 is 10.2 Å². The Kier molecular flexibility index (Phi) is 5.64. The van der Waals surface area contributed by atoms with Gasteiger partial charge in [-0.3, -0.25) is 4.79 Å². The van der Waals surface area contributed by atoms with Crippen molar-refractivity contribution < 1.29 is 4.79 Å². The Morgan fingerprint density at radius 1 is 1.08 bits per heavy atom. The van der Waals surface area contributed by atoms with Gasteiger partial charge in [-0.25, -0.2) is 9.97 Å². The van der Waals surface area contributed by atoms with Crippen molar-refractivity contribution in [2.75, 3.05) is 23.3 Å². The molecule has 1 aromatic heterocycles. The van der Waals surface area contributed by atoms with Crippen LogP contribution >= 0.6 is 0 Å². The number of aryl methyl sites for hydroxylation is 2. The third-order valence-corrected chi connectivity index (χ3v) is 4.95. The molecule has 0 unspecified atom stereocenters. The smallest absolute Gasteiger partial charge is 0.227 e. The standard InChI is InChI=1S/C20H26N4O/c1-3-15-7-5-8-16(4-2)18(15)23-19(25)17-9-13-24(14-10-17)20-21-11-6-12-22-20/h5-8,11-12,17H,3-4,9-10,13-14H2,1-2H3,(H,23,25). The van der Waals surface area contributed by atoms with Crippen molar-refractivity contribution in [3.8, 4) is 0 Å². The Balaban J connectivity index is 1.64. The molecule has 2 aromatic rings. The molecule has 1 aliphatic heterocycles. The molecule has 1 saturated heterocycles. The summed E-state index contributed by atoms with van der Waals surface area (Å²) in [5.74, 6) is 0.949. The van der Waals surface area contributed by atoms with Crippen molar-refractivity contribution in [2.45, 2.75) is 39.5 Å². The largest absolute Gasteiger partial charge is 0.341 e. The molecule has 1 aliphatic rings. The molecule has 1 aromatic carbocycles. The average Bonchev–Trinajstić information content (AvgIpc) is 2.69. The van der Waals surface area contributed by atoms with E-state index in [1.54, 1.807) is 12.4 Å². The van der Waals surface area contributed by atoms with Gasteiger partial charge < -0.3 is 10.2 Å². The highest BCUT2D eigenvalue weighted by Gasteiger charge is 2.26.